The Hall–Kier alpha value is -2.69. The molecule has 150 valence electrons. The van der Waals surface area contributed by atoms with E-state index in [0.29, 0.717) is 48.4 Å². The highest BCUT2D eigenvalue weighted by molar-refractivity contribution is 5.92. The van der Waals surface area contributed by atoms with E-state index in [2.05, 4.69) is 6.07 Å². The van der Waals surface area contributed by atoms with Crippen LogP contribution in [0.3, 0.4) is 0 Å². The van der Waals surface area contributed by atoms with Gasteiger partial charge in [0.15, 0.2) is 11.5 Å². The van der Waals surface area contributed by atoms with Gasteiger partial charge in [-0.2, -0.15) is 0 Å². The maximum atomic E-state index is 12.8. The summed E-state index contributed by atoms with van der Waals surface area (Å²) in [5.74, 6) is 1.59. The van der Waals surface area contributed by atoms with Crippen molar-refractivity contribution in [3.8, 4) is 23.0 Å². The molecule has 0 aliphatic heterocycles. The molecule has 3 rings (SSSR count). The molecule has 0 unspecified atom stereocenters. The molecule has 0 heterocycles. The fourth-order valence-electron chi connectivity index (χ4n) is 3.45. The molecule has 2 aromatic carbocycles. The van der Waals surface area contributed by atoms with E-state index in [-0.39, 0.29) is 0 Å². The summed E-state index contributed by atoms with van der Waals surface area (Å²) in [5.41, 5.74) is 2.99. The van der Waals surface area contributed by atoms with Crippen LogP contribution in [0.4, 0.5) is 0 Å². The molecular weight excluding hydrogens is 356 g/mol. The fourth-order valence-corrected chi connectivity index (χ4v) is 3.45. The molecular formula is C23H28O5. The molecule has 0 aromatic heterocycles. The first-order chi connectivity index (χ1) is 13.7. The van der Waals surface area contributed by atoms with Crippen molar-refractivity contribution in [1.82, 2.24) is 0 Å². The van der Waals surface area contributed by atoms with Crippen molar-refractivity contribution >= 4 is 5.97 Å². The molecule has 0 N–H and O–H groups in total. The van der Waals surface area contributed by atoms with Crippen LogP contribution in [0, 0.1) is 0 Å². The zero-order valence-electron chi connectivity index (χ0n) is 16.9. The molecule has 0 bridgehead atoms. The second-order valence-electron chi connectivity index (χ2n) is 6.63. The van der Waals surface area contributed by atoms with E-state index in [1.165, 1.54) is 24.0 Å². The maximum Gasteiger partial charge on any atom is 0.343 e. The largest absolute Gasteiger partial charge is 0.490 e. The van der Waals surface area contributed by atoms with Gasteiger partial charge in [0, 0.05) is 0 Å². The van der Waals surface area contributed by atoms with Gasteiger partial charge in [0.2, 0.25) is 5.75 Å². The monoisotopic (exact) mass is 384 g/mol. The van der Waals surface area contributed by atoms with E-state index in [9.17, 15) is 4.79 Å². The molecule has 0 saturated carbocycles. The number of fused-ring (bicyclic) bond motifs is 1. The summed E-state index contributed by atoms with van der Waals surface area (Å²) in [6.07, 6.45) is 4.53. The minimum Gasteiger partial charge on any atom is -0.490 e. The molecule has 0 radical (unpaired) electrons. The van der Waals surface area contributed by atoms with Crippen LogP contribution in [-0.2, 0) is 12.8 Å². The van der Waals surface area contributed by atoms with E-state index < -0.39 is 5.97 Å². The predicted octanol–water partition coefficient (Wildman–Crippen LogP) is 4.98. The SMILES string of the molecule is CCOc1cc(C(=O)Oc2ccc3c(c2)CCCC3)cc(OCC)c1OCC. The minimum absolute atomic E-state index is 0.369. The van der Waals surface area contributed by atoms with Crippen molar-refractivity contribution in [1.29, 1.82) is 0 Å². The third-order valence-electron chi connectivity index (χ3n) is 4.68. The Morgan fingerprint density at radius 1 is 0.821 bits per heavy atom. The highest BCUT2D eigenvalue weighted by atomic mass is 16.5. The Bertz CT molecular complexity index is 801. The Labute approximate surface area is 166 Å². The van der Waals surface area contributed by atoms with Gasteiger partial charge in [-0.1, -0.05) is 6.07 Å². The zero-order valence-corrected chi connectivity index (χ0v) is 16.9. The number of rotatable bonds is 8. The first kappa shape index (κ1) is 20.1. The van der Waals surface area contributed by atoms with Gasteiger partial charge in [-0.05, 0) is 81.8 Å². The number of carbonyl (C=O) groups is 1. The van der Waals surface area contributed by atoms with Gasteiger partial charge in [-0.3, -0.25) is 0 Å². The van der Waals surface area contributed by atoms with Crippen molar-refractivity contribution in [3.05, 3.63) is 47.0 Å². The van der Waals surface area contributed by atoms with E-state index in [1.54, 1.807) is 12.1 Å². The van der Waals surface area contributed by atoms with Crippen LogP contribution < -0.4 is 18.9 Å². The lowest BCUT2D eigenvalue weighted by Crippen LogP contribution is -2.11. The van der Waals surface area contributed by atoms with Gasteiger partial charge >= 0.3 is 5.97 Å². The summed E-state index contributed by atoms with van der Waals surface area (Å²) in [6, 6.07) is 9.21. The Morgan fingerprint density at radius 3 is 2.04 bits per heavy atom. The number of benzene rings is 2. The van der Waals surface area contributed by atoms with E-state index in [1.807, 2.05) is 32.9 Å². The molecule has 2 aromatic rings. The second-order valence-corrected chi connectivity index (χ2v) is 6.63. The Balaban J connectivity index is 1.87. The molecule has 0 atom stereocenters. The maximum absolute atomic E-state index is 12.8. The normalized spacial score (nSPS) is 12.8. The highest BCUT2D eigenvalue weighted by Crippen LogP contribution is 2.39. The molecule has 0 fully saturated rings. The van der Waals surface area contributed by atoms with Crippen LogP contribution in [-0.4, -0.2) is 25.8 Å². The number of esters is 1. The average Bonchev–Trinajstić information content (AvgIpc) is 2.70. The first-order valence-electron chi connectivity index (χ1n) is 10.1. The molecule has 1 aliphatic carbocycles. The van der Waals surface area contributed by atoms with Crippen LogP contribution in [0.1, 0.15) is 55.1 Å². The summed E-state index contributed by atoms with van der Waals surface area (Å²) in [4.78, 5) is 12.8. The summed E-state index contributed by atoms with van der Waals surface area (Å²) in [7, 11) is 0. The van der Waals surface area contributed by atoms with Crippen molar-refractivity contribution < 1.29 is 23.7 Å². The van der Waals surface area contributed by atoms with Gasteiger partial charge in [0.1, 0.15) is 5.75 Å². The van der Waals surface area contributed by atoms with E-state index >= 15 is 0 Å². The van der Waals surface area contributed by atoms with Crippen LogP contribution in [0.15, 0.2) is 30.3 Å². The summed E-state index contributed by atoms with van der Waals surface area (Å²) < 4.78 is 22.7. The molecule has 1 aliphatic rings. The number of carbonyl (C=O) groups excluding carboxylic acids is 1. The highest BCUT2D eigenvalue weighted by Gasteiger charge is 2.20. The van der Waals surface area contributed by atoms with Crippen LogP contribution in [0.25, 0.3) is 0 Å². The Kier molecular flexibility index (Phi) is 6.80. The number of hydrogen-bond donors (Lipinski definition) is 0. The predicted molar refractivity (Wildman–Crippen MR) is 108 cm³/mol. The smallest absolute Gasteiger partial charge is 0.343 e. The van der Waals surface area contributed by atoms with Crippen LogP contribution in [0.2, 0.25) is 0 Å². The second kappa shape index (κ2) is 9.49. The third-order valence-corrected chi connectivity index (χ3v) is 4.68. The molecule has 0 amide bonds. The van der Waals surface area contributed by atoms with Crippen molar-refractivity contribution in [2.24, 2.45) is 0 Å². The van der Waals surface area contributed by atoms with Crippen molar-refractivity contribution in [2.45, 2.75) is 46.5 Å². The van der Waals surface area contributed by atoms with Crippen molar-refractivity contribution in [2.75, 3.05) is 19.8 Å². The summed E-state index contributed by atoms with van der Waals surface area (Å²) >= 11 is 0. The zero-order chi connectivity index (χ0) is 19.9. The lowest BCUT2D eigenvalue weighted by Gasteiger charge is -2.18. The number of ether oxygens (including phenoxy) is 4. The minimum atomic E-state index is -0.444. The van der Waals surface area contributed by atoms with Gasteiger partial charge in [-0.15, -0.1) is 0 Å². The number of aryl methyl sites for hydroxylation is 2. The third kappa shape index (κ3) is 4.58. The molecule has 0 saturated heterocycles. The Morgan fingerprint density at radius 2 is 1.43 bits per heavy atom. The first-order valence-corrected chi connectivity index (χ1v) is 10.1. The molecule has 28 heavy (non-hydrogen) atoms. The van der Waals surface area contributed by atoms with E-state index in [0.717, 1.165) is 12.8 Å². The summed E-state index contributed by atoms with van der Waals surface area (Å²) in [6.45, 7) is 7.04. The standard InChI is InChI=1S/C23H28O5/c1-4-25-20-14-18(15-21(26-5-2)22(20)27-6-3)23(24)28-19-12-11-16-9-7-8-10-17(16)13-19/h11-15H,4-10H2,1-3H3. The molecule has 5 nitrogen and oxygen atoms in total. The average molecular weight is 384 g/mol. The van der Waals surface area contributed by atoms with E-state index in [4.69, 9.17) is 18.9 Å². The topological polar surface area (TPSA) is 54.0 Å². The van der Waals surface area contributed by atoms with Crippen LogP contribution in [0.5, 0.6) is 23.0 Å². The van der Waals surface area contributed by atoms with Gasteiger partial charge in [0.05, 0.1) is 25.4 Å². The fraction of sp³-hybridized carbons (Fsp3) is 0.435. The quantitative estimate of drug-likeness (QED) is 0.474. The van der Waals surface area contributed by atoms with Gasteiger partial charge < -0.3 is 18.9 Å². The summed E-state index contributed by atoms with van der Waals surface area (Å²) in [5, 5.41) is 0. The lowest BCUT2D eigenvalue weighted by molar-refractivity contribution is 0.0733. The van der Waals surface area contributed by atoms with Crippen molar-refractivity contribution in [3.63, 3.8) is 0 Å². The van der Waals surface area contributed by atoms with Crippen LogP contribution >= 0.6 is 0 Å². The lowest BCUT2D eigenvalue weighted by atomic mass is 9.92. The van der Waals surface area contributed by atoms with Gasteiger partial charge in [0.25, 0.3) is 0 Å². The van der Waals surface area contributed by atoms with Gasteiger partial charge in [-0.25, -0.2) is 4.79 Å². The number of hydrogen-bond acceptors (Lipinski definition) is 5. The molecule has 5 heteroatoms. The molecule has 0 spiro atoms.